The van der Waals surface area contributed by atoms with Gasteiger partial charge in [0.1, 0.15) is 4.21 Å². The fourth-order valence-corrected chi connectivity index (χ4v) is 6.25. The van der Waals surface area contributed by atoms with Crippen LogP contribution in [-0.4, -0.2) is 36.5 Å². The molecule has 0 bridgehead atoms. The second kappa shape index (κ2) is 7.13. The summed E-state index contributed by atoms with van der Waals surface area (Å²) in [5.74, 6) is 0.0946. The monoisotopic (exact) mass is 349 g/mol. The van der Waals surface area contributed by atoms with Crippen molar-refractivity contribution in [2.75, 3.05) is 5.75 Å². The van der Waals surface area contributed by atoms with Crippen LogP contribution in [0.5, 0.6) is 0 Å². The van der Waals surface area contributed by atoms with E-state index in [0.29, 0.717) is 10.1 Å². The molecule has 2 rings (SSSR count). The Hall–Kier alpha value is -0.570. The Balaban J connectivity index is 1.99. The number of thioether (sulfide) groups is 1. The normalized spacial score (nSPS) is 22.5. The zero-order valence-corrected chi connectivity index (χ0v) is 14.2. The van der Waals surface area contributed by atoms with E-state index in [4.69, 9.17) is 5.11 Å². The molecular weight excluding hydrogens is 330 g/mol. The Kier molecular flexibility index (Phi) is 5.70. The van der Waals surface area contributed by atoms with E-state index in [1.54, 1.807) is 6.07 Å². The zero-order valence-electron chi connectivity index (χ0n) is 11.7. The third-order valence-corrected chi connectivity index (χ3v) is 7.67. The summed E-state index contributed by atoms with van der Waals surface area (Å²) >= 11 is 2.90. The van der Waals surface area contributed by atoms with Gasteiger partial charge in [-0.2, -0.15) is 11.8 Å². The fourth-order valence-electron chi connectivity index (χ4n) is 2.46. The van der Waals surface area contributed by atoms with Crippen molar-refractivity contribution in [1.29, 1.82) is 0 Å². The predicted octanol–water partition coefficient (Wildman–Crippen LogP) is 2.33. The smallest absolute Gasteiger partial charge is 0.308 e. The highest BCUT2D eigenvalue weighted by molar-refractivity contribution is 7.99. The van der Waals surface area contributed by atoms with Crippen LogP contribution < -0.4 is 4.72 Å². The third-order valence-electron chi connectivity index (χ3n) is 3.34. The van der Waals surface area contributed by atoms with Gasteiger partial charge in [-0.25, -0.2) is 13.1 Å². The van der Waals surface area contributed by atoms with Crippen molar-refractivity contribution in [3.8, 4) is 0 Å². The topological polar surface area (TPSA) is 83.5 Å². The zero-order chi connectivity index (χ0) is 15.5. The molecular formula is C13H19NO4S3. The van der Waals surface area contributed by atoms with Crippen LogP contribution in [0.25, 0.3) is 0 Å². The van der Waals surface area contributed by atoms with E-state index >= 15 is 0 Å². The fraction of sp³-hybridized carbons (Fsp3) is 0.615. The minimum Gasteiger partial charge on any atom is -0.481 e. The molecule has 0 spiro atoms. The van der Waals surface area contributed by atoms with Crippen LogP contribution in [0.4, 0.5) is 0 Å². The van der Waals surface area contributed by atoms with E-state index in [2.05, 4.69) is 11.6 Å². The summed E-state index contributed by atoms with van der Waals surface area (Å²) in [6, 6.07) is 3.04. The van der Waals surface area contributed by atoms with Gasteiger partial charge in [-0.1, -0.05) is 6.92 Å². The molecule has 5 nitrogen and oxygen atoms in total. The van der Waals surface area contributed by atoms with Crippen LogP contribution in [-0.2, 0) is 21.2 Å². The van der Waals surface area contributed by atoms with E-state index in [-0.39, 0.29) is 16.7 Å². The first kappa shape index (κ1) is 16.8. The predicted molar refractivity (Wildman–Crippen MR) is 85.5 cm³/mol. The number of rotatable bonds is 7. The summed E-state index contributed by atoms with van der Waals surface area (Å²) < 4.78 is 27.5. The van der Waals surface area contributed by atoms with Gasteiger partial charge in [-0.05, 0) is 37.1 Å². The van der Waals surface area contributed by atoms with Crippen molar-refractivity contribution in [1.82, 2.24) is 4.72 Å². The lowest BCUT2D eigenvalue weighted by Gasteiger charge is -2.12. The highest BCUT2D eigenvalue weighted by atomic mass is 32.2. The molecule has 0 saturated heterocycles. The second-order valence-corrected chi connectivity index (χ2v) is 9.69. The van der Waals surface area contributed by atoms with Gasteiger partial charge in [-0.15, -0.1) is 11.3 Å². The molecule has 118 valence electrons. The van der Waals surface area contributed by atoms with E-state index < -0.39 is 16.0 Å². The molecule has 1 aliphatic carbocycles. The van der Waals surface area contributed by atoms with Crippen molar-refractivity contribution in [2.24, 2.45) is 0 Å². The lowest BCUT2D eigenvalue weighted by Crippen LogP contribution is -2.32. The quantitative estimate of drug-likeness (QED) is 0.789. The number of thiophene rings is 1. The summed E-state index contributed by atoms with van der Waals surface area (Å²) in [5.41, 5.74) is 0. The molecule has 2 unspecified atom stereocenters. The average Bonchev–Trinajstić information content (AvgIpc) is 2.98. The molecule has 0 aromatic carbocycles. The number of hydrogen-bond donors (Lipinski definition) is 2. The number of sulfonamides is 1. The first-order chi connectivity index (χ1) is 9.90. The molecule has 1 saturated carbocycles. The third kappa shape index (κ3) is 4.70. The Morgan fingerprint density at radius 2 is 2.24 bits per heavy atom. The van der Waals surface area contributed by atoms with Crippen molar-refractivity contribution in [2.45, 2.75) is 48.1 Å². The molecule has 0 aliphatic heterocycles. The van der Waals surface area contributed by atoms with Crippen molar-refractivity contribution in [3.63, 3.8) is 0 Å². The average molecular weight is 349 g/mol. The lowest BCUT2D eigenvalue weighted by molar-refractivity contribution is -0.136. The van der Waals surface area contributed by atoms with E-state index in [9.17, 15) is 13.2 Å². The Morgan fingerprint density at radius 1 is 1.48 bits per heavy atom. The molecule has 2 atom stereocenters. The van der Waals surface area contributed by atoms with Crippen molar-refractivity contribution < 1.29 is 18.3 Å². The van der Waals surface area contributed by atoms with Crippen molar-refractivity contribution in [3.05, 3.63) is 17.0 Å². The molecule has 1 heterocycles. The van der Waals surface area contributed by atoms with E-state index in [1.165, 1.54) is 6.07 Å². The van der Waals surface area contributed by atoms with Gasteiger partial charge in [0.05, 0.1) is 6.42 Å². The van der Waals surface area contributed by atoms with Crippen molar-refractivity contribution >= 4 is 39.1 Å². The van der Waals surface area contributed by atoms with Crippen LogP contribution >= 0.6 is 23.1 Å². The number of nitrogens with one attached hydrogen (secondary N) is 1. The highest BCUT2D eigenvalue weighted by Crippen LogP contribution is 2.31. The van der Waals surface area contributed by atoms with Gasteiger partial charge >= 0.3 is 5.97 Å². The van der Waals surface area contributed by atoms with Crippen LogP contribution in [0.2, 0.25) is 0 Å². The number of carboxylic acids is 1. The van der Waals surface area contributed by atoms with Gasteiger partial charge in [-0.3, -0.25) is 4.79 Å². The molecule has 8 heteroatoms. The second-order valence-electron chi connectivity index (χ2n) is 5.00. The number of carboxylic acid groups (broad SMARTS) is 1. The Labute approximate surface area is 133 Å². The van der Waals surface area contributed by atoms with Gasteiger partial charge in [0.15, 0.2) is 0 Å². The molecule has 0 radical (unpaired) electrons. The first-order valence-electron chi connectivity index (χ1n) is 6.85. The highest BCUT2D eigenvalue weighted by Gasteiger charge is 2.29. The van der Waals surface area contributed by atoms with Gasteiger partial charge in [0.25, 0.3) is 0 Å². The minimum absolute atomic E-state index is 0.0101. The molecule has 1 aromatic rings. The van der Waals surface area contributed by atoms with Crippen LogP contribution in [0.15, 0.2) is 16.3 Å². The van der Waals surface area contributed by atoms with Crippen LogP contribution in [0, 0.1) is 0 Å². The minimum atomic E-state index is -3.53. The van der Waals surface area contributed by atoms with Gasteiger partial charge in [0, 0.05) is 16.2 Å². The molecule has 1 aliphatic rings. The maximum Gasteiger partial charge on any atom is 0.308 e. The Bertz CT molecular complexity index is 596. The standard InChI is InChI=1S/C13H19NO4S3/c1-2-19-10-4-3-9(7-10)14-21(17,18)13-6-5-11(20-13)8-12(15)16/h5-6,9-10,14H,2-4,7-8H2,1H3,(H,15,16). The largest absolute Gasteiger partial charge is 0.481 e. The van der Waals surface area contributed by atoms with Gasteiger partial charge < -0.3 is 5.11 Å². The molecule has 0 amide bonds. The molecule has 2 N–H and O–H groups in total. The summed E-state index contributed by atoms with van der Waals surface area (Å²) in [5, 5.41) is 9.26. The summed E-state index contributed by atoms with van der Waals surface area (Å²) in [4.78, 5) is 11.2. The molecule has 21 heavy (non-hydrogen) atoms. The summed E-state index contributed by atoms with van der Waals surface area (Å²) in [7, 11) is -3.53. The summed E-state index contributed by atoms with van der Waals surface area (Å²) in [6.07, 6.45) is 2.63. The lowest BCUT2D eigenvalue weighted by atomic mass is 10.3. The first-order valence-corrected chi connectivity index (χ1v) is 10.2. The van der Waals surface area contributed by atoms with Crippen LogP contribution in [0.1, 0.15) is 31.1 Å². The summed E-state index contributed by atoms with van der Waals surface area (Å²) in [6.45, 7) is 2.11. The number of aliphatic carboxylic acids is 1. The van der Waals surface area contributed by atoms with Crippen LogP contribution in [0.3, 0.4) is 0 Å². The van der Waals surface area contributed by atoms with E-state index in [1.807, 2.05) is 11.8 Å². The maximum absolute atomic E-state index is 12.3. The Morgan fingerprint density at radius 3 is 2.90 bits per heavy atom. The van der Waals surface area contributed by atoms with Gasteiger partial charge in [0.2, 0.25) is 10.0 Å². The molecule has 1 fully saturated rings. The number of carbonyl (C=O) groups is 1. The van der Waals surface area contributed by atoms with E-state index in [0.717, 1.165) is 36.4 Å². The SMILES string of the molecule is CCSC1CCC(NS(=O)(=O)c2ccc(CC(=O)O)s2)C1. The molecule has 1 aromatic heterocycles. The maximum atomic E-state index is 12.3. The number of hydrogen-bond acceptors (Lipinski definition) is 5.